The Labute approximate surface area is 193 Å². The van der Waals surface area contributed by atoms with E-state index in [4.69, 9.17) is 15.9 Å². The number of aromatic amines is 1. The standard InChI is InChI=1S/C21H27N5O8/c22-13(5-6-18(29)30)19(31)24-9-17(28)25-15(20(32)26-16(10-27)21(33)34)7-11-8-23-14-4-2-1-3-12(11)14/h1-4,8,13,15-16,23,27H,5-7,9-10,22H2,(H,24,31)(H,25,28)(H,26,32)(H,29,30)(H,33,34). The van der Waals surface area contributed by atoms with E-state index in [0.717, 1.165) is 10.9 Å². The zero-order valence-electron chi connectivity index (χ0n) is 18.1. The second-order valence-corrected chi connectivity index (χ2v) is 7.52. The van der Waals surface area contributed by atoms with Gasteiger partial charge in [-0.05, 0) is 18.1 Å². The molecule has 13 heteroatoms. The summed E-state index contributed by atoms with van der Waals surface area (Å²) in [5.74, 6) is -4.90. The molecule has 0 spiro atoms. The molecule has 1 aromatic heterocycles. The fourth-order valence-electron chi connectivity index (χ4n) is 3.14. The quantitative estimate of drug-likeness (QED) is 0.160. The number of carbonyl (C=O) groups excluding carboxylic acids is 3. The minimum absolute atomic E-state index is 0.00851. The van der Waals surface area contributed by atoms with Gasteiger partial charge in [0.2, 0.25) is 17.7 Å². The van der Waals surface area contributed by atoms with Crippen molar-refractivity contribution in [2.75, 3.05) is 13.2 Å². The first-order valence-corrected chi connectivity index (χ1v) is 10.4. The number of para-hydroxylation sites is 1. The summed E-state index contributed by atoms with van der Waals surface area (Å²) in [5, 5.41) is 34.6. The molecule has 0 bridgehead atoms. The Morgan fingerprint density at radius 1 is 1.00 bits per heavy atom. The smallest absolute Gasteiger partial charge is 0.328 e. The molecule has 0 saturated heterocycles. The molecule has 2 aromatic rings. The van der Waals surface area contributed by atoms with E-state index in [2.05, 4.69) is 20.9 Å². The minimum atomic E-state index is -1.57. The van der Waals surface area contributed by atoms with Gasteiger partial charge in [-0.15, -0.1) is 0 Å². The summed E-state index contributed by atoms with van der Waals surface area (Å²) in [6.45, 7) is -1.39. The maximum absolute atomic E-state index is 12.7. The van der Waals surface area contributed by atoms with E-state index in [9.17, 15) is 29.1 Å². The first-order chi connectivity index (χ1) is 16.1. The second kappa shape index (κ2) is 12.3. The Hall–Kier alpha value is -3.97. The molecule has 13 nitrogen and oxygen atoms in total. The number of nitrogens with two attached hydrogens (primary N) is 1. The van der Waals surface area contributed by atoms with Crippen molar-refractivity contribution < 1.29 is 39.3 Å². The number of fused-ring (bicyclic) bond motifs is 1. The van der Waals surface area contributed by atoms with Crippen LogP contribution in [-0.2, 0) is 30.4 Å². The predicted molar refractivity (Wildman–Crippen MR) is 118 cm³/mol. The van der Waals surface area contributed by atoms with Gasteiger partial charge in [0.25, 0.3) is 0 Å². The van der Waals surface area contributed by atoms with Crippen LogP contribution < -0.4 is 21.7 Å². The van der Waals surface area contributed by atoms with Gasteiger partial charge in [-0.1, -0.05) is 18.2 Å². The van der Waals surface area contributed by atoms with E-state index in [0.29, 0.717) is 5.56 Å². The zero-order chi connectivity index (χ0) is 25.3. The van der Waals surface area contributed by atoms with Crippen molar-refractivity contribution in [3.63, 3.8) is 0 Å². The first kappa shape index (κ1) is 26.3. The molecule has 0 radical (unpaired) electrons. The highest BCUT2D eigenvalue weighted by molar-refractivity contribution is 5.93. The highest BCUT2D eigenvalue weighted by atomic mass is 16.4. The van der Waals surface area contributed by atoms with Gasteiger partial charge >= 0.3 is 11.9 Å². The third-order valence-corrected chi connectivity index (χ3v) is 4.98. The Kier molecular flexibility index (Phi) is 9.52. The third kappa shape index (κ3) is 7.56. The number of nitrogens with one attached hydrogen (secondary N) is 4. The molecule has 184 valence electrons. The summed E-state index contributed by atoms with van der Waals surface area (Å²) in [6.07, 6.45) is 1.21. The van der Waals surface area contributed by atoms with Crippen molar-refractivity contribution in [2.24, 2.45) is 5.73 Å². The second-order valence-electron chi connectivity index (χ2n) is 7.52. The zero-order valence-corrected chi connectivity index (χ0v) is 18.1. The Balaban J connectivity index is 2.08. The normalized spacial score (nSPS) is 13.5. The van der Waals surface area contributed by atoms with Crippen molar-refractivity contribution in [2.45, 2.75) is 37.4 Å². The molecule has 3 atom stereocenters. The lowest BCUT2D eigenvalue weighted by molar-refractivity contribution is -0.143. The number of carboxylic acid groups (broad SMARTS) is 2. The molecular formula is C21H27N5O8. The van der Waals surface area contributed by atoms with Crippen molar-refractivity contribution in [1.82, 2.24) is 20.9 Å². The van der Waals surface area contributed by atoms with Crippen molar-refractivity contribution in [3.05, 3.63) is 36.0 Å². The Morgan fingerprint density at radius 3 is 2.35 bits per heavy atom. The highest BCUT2D eigenvalue weighted by Gasteiger charge is 2.27. The Morgan fingerprint density at radius 2 is 1.71 bits per heavy atom. The topological polar surface area (TPSA) is 224 Å². The summed E-state index contributed by atoms with van der Waals surface area (Å²) < 4.78 is 0. The molecule has 0 aliphatic rings. The van der Waals surface area contributed by atoms with Gasteiger partial charge in [0.15, 0.2) is 0 Å². The number of hydrogen-bond acceptors (Lipinski definition) is 7. The van der Waals surface area contributed by atoms with E-state index in [1.54, 1.807) is 12.3 Å². The van der Waals surface area contributed by atoms with Crippen LogP contribution in [0.5, 0.6) is 0 Å². The lowest BCUT2D eigenvalue weighted by atomic mass is 10.0. The number of carboxylic acids is 2. The molecule has 2 rings (SSSR count). The molecule has 34 heavy (non-hydrogen) atoms. The van der Waals surface area contributed by atoms with Gasteiger partial charge in [0, 0.05) is 29.9 Å². The van der Waals surface area contributed by atoms with Crippen LogP contribution >= 0.6 is 0 Å². The monoisotopic (exact) mass is 477 g/mol. The number of H-pyrrole nitrogens is 1. The molecule has 9 N–H and O–H groups in total. The fourth-order valence-corrected chi connectivity index (χ4v) is 3.14. The van der Waals surface area contributed by atoms with Gasteiger partial charge in [0.1, 0.15) is 12.1 Å². The summed E-state index contributed by atoms with van der Waals surface area (Å²) in [5.41, 5.74) is 7.06. The molecule has 0 saturated carbocycles. The summed E-state index contributed by atoms with van der Waals surface area (Å²) in [6, 6.07) is 3.32. The van der Waals surface area contributed by atoms with Crippen LogP contribution in [0.3, 0.4) is 0 Å². The van der Waals surface area contributed by atoms with E-state index in [1.165, 1.54) is 0 Å². The van der Waals surface area contributed by atoms with Crippen LogP contribution in [0.15, 0.2) is 30.5 Å². The number of aliphatic hydroxyl groups is 1. The highest BCUT2D eigenvalue weighted by Crippen LogP contribution is 2.19. The molecule has 0 aliphatic heterocycles. The molecule has 3 amide bonds. The van der Waals surface area contributed by atoms with Crippen LogP contribution in [0.4, 0.5) is 0 Å². The summed E-state index contributed by atoms with van der Waals surface area (Å²) in [4.78, 5) is 61.9. The fraction of sp³-hybridized carbons (Fsp3) is 0.381. The number of aliphatic hydroxyl groups excluding tert-OH is 1. The summed E-state index contributed by atoms with van der Waals surface area (Å²) in [7, 11) is 0. The number of hydrogen-bond donors (Lipinski definition) is 8. The van der Waals surface area contributed by atoms with Gasteiger partial charge in [-0.2, -0.15) is 0 Å². The minimum Gasteiger partial charge on any atom is -0.481 e. The largest absolute Gasteiger partial charge is 0.481 e. The van der Waals surface area contributed by atoms with Crippen molar-refractivity contribution >= 4 is 40.6 Å². The summed E-state index contributed by atoms with van der Waals surface area (Å²) >= 11 is 0. The molecule has 3 unspecified atom stereocenters. The third-order valence-electron chi connectivity index (χ3n) is 4.98. The van der Waals surface area contributed by atoms with Gasteiger partial charge in [-0.25, -0.2) is 4.79 Å². The van der Waals surface area contributed by atoms with Crippen LogP contribution in [0.1, 0.15) is 18.4 Å². The van der Waals surface area contributed by atoms with E-state index >= 15 is 0 Å². The van der Waals surface area contributed by atoms with E-state index in [-0.39, 0.29) is 19.3 Å². The maximum Gasteiger partial charge on any atom is 0.328 e. The average molecular weight is 477 g/mol. The van der Waals surface area contributed by atoms with E-state index < -0.39 is 60.9 Å². The number of carbonyl (C=O) groups is 5. The van der Waals surface area contributed by atoms with E-state index in [1.807, 2.05) is 18.2 Å². The van der Waals surface area contributed by atoms with Crippen LogP contribution in [-0.4, -0.2) is 81.2 Å². The molecule has 1 aromatic carbocycles. The van der Waals surface area contributed by atoms with Gasteiger partial charge in [-0.3, -0.25) is 19.2 Å². The molecule has 0 aliphatic carbocycles. The van der Waals surface area contributed by atoms with Gasteiger partial charge in [0.05, 0.1) is 19.2 Å². The van der Waals surface area contributed by atoms with Crippen molar-refractivity contribution in [3.8, 4) is 0 Å². The lowest BCUT2D eigenvalue weighted by Gasteiger charge is -2.21. The molecule has 1 heterocycles. The number of aliphatic carboxylic acids is 2. The molecular weight excluding hydrogens is 450 g/mol. The number of amides is 3. The van der Waals surface area contributed by atoms with Crippen LogP contribution in [0.25, 0.3) is 10.9 Å². The van der Waals surface area contributed by atoms with Crippen LogP contribution in [0, 0.1) is 0 Å². The first-order valence-electron chi connectivity index (χ1n) is 10.4. The maximum atomic E-state index is 12.7. The predicted octanol–water partition coefficient (Wildman–Crippen LogP) is -1.93. The SMILES string of the molecule is NC(CCC(=O)O)C(=O)NCC(=O)NC(Cc1c[nH]c2ccccc12)C(=O)NC(CO)C(=O)O. The average Bonchev–Trinajstić information content (AvgIpc) is 3.21. The van der Waals surface area contributed by atoms with Gasteiger partial charge < -0.3 is 42.0 Å². The lowest BCUT2D eigenvalue weighted by Crippen LogP contribution is -2.55. The number of rotatable bonds is 13. The number of benzene rings is 1. The number of aromatic nitrogens is 1. The van der Waals surface area contributed by atoms with Crippen molar-refractivity contribution in [1.29, 1.82) is 0 Å². The van der Waals surface area contributed by atoms with Crippen LogP contribution in [0.2, 0.25) is 0 Å². The Bertz CT molecular complexity index is 1050. The molecule has 0 fully saturated rings.